The monoisotopic (exact) mass is 362 g/mol. The molecule has 22 heavy (non-hydrogen) atoms. The Morgan fingerprint density at radius 1 is 1.45 bits per heavy atom. The van der Waals surface area contributed by atoms with Gasteiger partial charge in [0.25, 0.3) is 5.91 Å². The van der Waals surface area contributed by atoms with Gasteiger partial charge in [-0.15, -0.1) is 12.4 Å². The summed E-state index contributed by atoms with van der Waals surface area (Å²) in [4.78, 5) is 12.0. The second-order valence-electron chi connectivity index (χ2n) is 4.79. The predicted molar refractivity (Wildman–Crippen MR) is 91.4 cm³/mol. The molecule has 2 rings (SSSR count). The van der Waals surface area contributed by atoms with Gasteiger partial charge in [0.2, 0.25) is 0 Å². The minimum Gasteiger partial charge on any atom is -0.352 e. The van der Waals surface area contributed by atoms with Crippen LogP contribution in [0.15, 0.2) is 30.6 Å². The van der Waals surface area contributed by atoms with Crippen molar-refractivity contribution in [3.8, 4) is 5.69 Å². The zero-order valence-electron chi connectivity index (χ0n) is 11.9. The fraction of sp³-hybridized carbons (Fsp3) is 0.286. The third kappa shape index (κ3) is 4.88. The summed E-state index contributed by atoms with van der Waals surface area (Å²) in [6, 6.07) is 5.14. The van der Waals surface area contributed by atoms with E-state index < -0.39 is 0 Å². The first-order valence-electron chi connectivity index (χ1n) is 6.51. The number of hydrogen-bond donors (Lipinski definition) is 2. The van der Waals surface area contributed by atoms with E-state index in [1.165, 1.54) is 6.20 Å². The molecule has 1 amide bonds. The van der Waals surface area contributed by atoms with E-state index in [0.717, 1.165) is 6.42 Å². The molecule has 0 radical (unpaired) electrons. The van der Waals surface area contributed by atoms with Crippen LogP contribution < -0.4 is 11.1 Å². The van der Waals surface area contributed by atoms with Gasteiger partial charge in [0.1, 0.15) is 0 Å². The molecule has 0 spiro atoms. The summed E-state index contributed by atoms with van der Waals surface area (Å²) in [5, 5.41) is 7.95. The maximum Gasteiger partial charge on any atom is 0.254 e. The lowest BCUT2D eigenvalue weighted by Crippen LogP contribution is -2.28. The molecule has 120 valence electrons. The van der Waals surface area contributed by atoms with Gasteiger partial charge in [-0.1, -0.05) is 23.2 Å². The lowest BCUT2D eigenvalue weighted by atomic mass is 10.2. The number of nitrogens with two attached hydrogens (primary N) is 1. The highest BCUT2D eigenvalue weighted by atomic mass is 35.5. The Hall–Kier alpha value is -1.27. The van der Waals surface area contributed by atoms with Crippen LogP contribution in [0.25, 0.3) is 5.69 Å². The summed E-state index contributed by atoms with van der Waals surface area (Å²) >= 11 is 12.0. The van der Waals surface area contributed by atoms with Crippen LogP contribution in [0.3, 0.4) is 0 Å². The Kier molecular flexibility index (Phi) is 7.16. The van der Waals surface area contributed by atoms with Crippen LogP contribution in [0.2, 0.25) is 10.0 Å². The minimum absolute atomic E-state index is 0. The summed E-state index contributed by atoms with van der Waals surface area (Å²) < 4.78 is 1.54. The van der Waals surface area contributed by atoms with Crippen LogP contribution in [0, 0.1) is 0 Å². The number of nitrogens with one attached hydrogen (secondary N) is 1. The summed E-state index contributed by atoms with van der Waals surface area (Å²) in [6.07, 6.45) is 3.84. The van der Waals surface area contributed by atoms with E-state index in [4.69, 9.17) is 28.9 Å². The molecule has 8 heteroatoms. The van der Waals surface area contributed by atoms with Gasteiger partial charge < -0.3 is 11.1 Å². The minimum atomic E-state index is -0.188. The van der Waals surface area contributed by atoms with Crippen LogP contribution in [0.1, 0.15) is 23.7 Å². The van der Waals surface area contributed by atoms with Gasteiger partial charge in [-0.3, -0.25) is 4.79 Å². The third-order valence-electron chi connectivity index (χ3n) is 2.89. The standard InChI is InChI=1S/C14H16Cl2N4O.ClH/c1-9(17)4-5-18-14(21)10-7-19-20(8-10)13-3-2-11(15)6-12(13)16;/h2-3,6-9H,4-5,17H2,1H3,(H,18,21);1H. The number of halogens is 3. The quantitative estimate of drug-likeness (QED) is 0.857. The van der Waals surface area contributed by atoms with Crippen molar-refractivity contribution in [2.45, 2.75) is 19.4 Å². The fourth-order valence-corrected chi connectivity index (χ4v) is 2.25. The van der Waals surface area contributed by atoms with Crippen molar-refractivity contribution in [3.05, 3.63) is 46.2 Å². The SMILES string of the molecule is CC(N)CCNC(=O)c1cnn(-c2ccc(Cl)cc2Cl)c1.Cl. The third-order valence-corrected chi connectivity index (χ3v) is 3.42. The summed E-state index contributed by atoms with van der Waals surface area (Å²) in [7, 11) is 0. The van der Waals surface area contributed by atoms with Gasteiger partial charge in [0.05, 0.1) is 22.5 Å². The number of nitrogens with zero attached hydrogens (tertiary/aromatic N) is 2. The number of aromatic nitrogens is 2. The van der Waals surface area contributed by atoms with E-state index in [1.54, 1.807) is 29.1 Å². The first kappa shape index (κ1) is 18.8. The number of carbonyl (C=O) groups excluding carboxylic acids is 1. The van der Waals surface area contributed by atoms with Crippen molar-refractivity contribution >= 4 is 41.5 Å². The molecule has 0 saturated carbocycles. The summed E-state index contributed by atoms with van der Waals surface area (Å²) in [5.74, 6) is -0.188. The van der Waals surface area contributed by atoms with E-state index >= 15 is 0 Å². The fourth-order valence-electron chi connectivity index (χ4n) is 1.75. The van der Waals surface area contributed by atoms with Crippen molar-refractivity contribution in [2.75, 3.05) is 6.54 Å². The topological polar surface area (TPSA) is 72.9 Å². The number of benzene rings is 1. The largest absolute Gasteiger partial charge is 0.352 e. The van der Waals surface area contributed by atoms with Crippen LogP contribution in [0.5, 0.6) is 0 Å². The Labute approximate surface area is 145 Å². The van der Waals surface area contributed by atoms with Crippen LogP contribution in [-0.4, -0.2) is 28.3 Å². The molecule has 1 atom stereocenters. The van der Waals surface area contributed by atoms with E-state index in [9.17, 15) is 4.79 Å². The Morgan fingerprint density at radius 2 is 2.18 bits per heavy atom. The van der Waals surface area contributed by atoms with Gasteiger partial charge >= 0.3 is 0 Å². The normalized spacial score (nSPS) is 11.6. The average molecular weight is 364 g/mol. The number of carbonyl (C=O) groups is 1. The predicted octanol–water partition coefficient (Wildman–Crippen LogP) is 3.07. The van der Waals surface area contributed by atoms with Crippen molar-refractivity contribution in [1.82, 2.24) is 15.1 Å². The summed E-state index contributed by atoms with van der Waals surface area (Å²) in [6.45, 7) is 2.43. The maximum atomic E-state index is 12.0. The molecular formula is C14H17Cl3N4O. The van der Waals surface area contributed by atoms with Gasteiger partial charge in [0.15, 0.2) is 0 Å². The molecule has 1 aromatic heterocycles. The van der Waals surface area contributed by atoms with Crippen molar-refractivity contribution in [1.29, 1.82) is 0 Å². The van der Waals surface area contributed by atoms with Gasteiger partial charge in [-0.05, 0) is 31.5 Å². The molecule has 0 fully saturated rings. The second kappa shape index (κ2) is 8.39. The molecular weight excluding hydrogens is 347 g/mol. The van der Waals surface area contributed by atoms with Gasteiger partial charge in [0, 0.05) is 23.8 Å². The molecule has 2 aromatic rings. The van der Waals surface area contributed by atoms with Gasteiger partial charge in [-0.25, -0.2) is 4.68 Å². The van der Waals surface area contributed by atoms with Crippen molar-refractivity contribution < 1.29 is 4.79 Å². The van der Waals surface area contributed by atoms with Crippen LogP contribution >= 0.6 is 35.6 Å². The average Bonchev–Trinajstić information content (AvgIpc) is 2.87. The number of rotatable bonds is 5. The molecule has 3 N–H and O–H groups in total. The maximum absolute atomic E-state index is 12.0. The molecule has 5 nitrogen and oxygen atoms in total. The van der Waals surface area contributed by atoms with E-state index in [1.807, 2.05) is 6.92 Å². The van der Waals surface area contributed by atoms with Crippen LogP contribution in [-0.2, 0) is 0 Å². The first-order valence-corrected chi connectivity index (χ1v) is 7.27. The smallest absolute Gasteiger partial charge is 0.254 e. The van der Waals surface area contributed by atoms with E-state index in [-0.39, 0.29) is 24.4 Å². The molecule has 0 bridgehead atoms. The molecule has 1 heterocycles. The molecule has 0 saturated heterocycles. The Balaban J connectivity index is 0.00000242. The first-order chi connectivity index (χ1) is 9.97. The molecule has 1 aromatic carbocycles. The van der Waals surface area contributed by atoms with Crippen LogP contribution in [0.4, 0.5) is 0 Å². The lowest BCUT2D eigenvalue weighted by molar-refractivity contribution is 0.0953. The molecule has 1 unspecified atom stereocenters. The zero-order chi connectivity index (χ0) is 15.4. The lowest BCUT2D eigenvalue weighted by Gasteiger charge is -2.06. The van der Waals surface area contributed by atoms with Gasteiger partial charge in [-0.2, -0.15) is 5.10 Å². The molecule has 0 aliphatic heterocycles. The highest BCUT2D eigenvalue weighted by Crippen LogP contribution is 2.24. The number of hydrogen-bond acceptors (Lipinski definition) is 3. The highest BCUT2D eigenvalue weighted by Gasteiger charge is 2.11. The zero-order valence-corrected chi connectivity index (χ0v) is 14.3. The Morgan fingerprint density at radius 3 is 2.82 bits per heavy atom. The second-order valence-corrected chi connectivity index (χ2v) is 5.63. The Bertz CT molecular complexity index is 643. The van der Waals surface area contributed by atoms with E-state index in [2.05, 4.69) is 10.4 Å². The number of amides is 1. The van der Waals surface area contributed by atoms with Crippen molar-refractivity contribution in [3.63, 3.8) is 0 Å². The molecule has 0 aliphatic rings. The van der Waals surface area contributed by atoms with E-state index in [0.29, 0.717) is 27.8 Å². The van der Waals surface area contributed by atoms with Crippen molar-refractivity contribution in [2.24, 2.45) is 5.73 Å². The summed E-state index contributed by atoms with van der Waals surface area (Å²) in [5.41, 5.74) is 6.76. The highest BCUT2D eigenvalue weighted by molar-refractivity contribution is 6.35. The molecule has 0 aliphatic carbocycles.